The first-order valence-corrected chi connectivity index (χ1v) is 7.48. The van der Waals surface area contributed by atoms with Crippen molar-refractivity contribution in [2.75, 3.05) is 11.9 Å². The Balaban J connectivity index is 1.97. The molecule has 0 saturated heterocycles. The predicted octanol–water partition coefficient (Wildman–Crippen LogP) is 3.65. The zero-order valence-corrected chi connectivity index (χ0v) is 13.0. The summed E-state index contributed by atoms with van der Waals surface area (Å²) in [7, 11) is 0. The normalized spacial score (nSPS) is 10.5. The number of benzene rings is 1. The van der Waals surface area contributed by atoms with E-state index < -0.39 is 0 Å². The first-order chi connectivity index (χ1) is 10.6. The summed E-state index contributed by atoms with van der Waals surface area (Å²) in [4.78, 5) is 11.7. The fourth-order valence-corrected chi connectivity index (χ4v) is 2.11. The molecule has 1 aromatic carbocycles. The zero-order valence-electron chi connectivity index (χ0n) is 12.3. The SMILES string of the molecule is CCCCNC(=O)Nc1nn(Cc2cccc(F)c2)cc1Cl. The summed E-state index contributed by atoms with van der Waals surface area (Å²) in [5, 5.41) is 9.85. The monoisotopic (exact) mass is 324 g/mol. The lowest BCUT2D eigenvalue weighted by Gasteiger charge is -2.05. The summed E-state index contributed by atoms with van der Waals surface area (Å²) in [5.74, 6) is -0.0172. The number of hydrogen-bond donors (Lipinski definition) is 2. The van der Waals surface area contributed by atoms with Crippen LogP contribution in [0.3, 0.4) is 0 Å². The van der Waals surface area contributed by atoms with E-state index in [4.69, 9.17) is 11.6 Å². The maximum absolute atomic E-state index is 13.2. The van der Waals surface area contributed by atoms with Crippen molar-refractivity contribution in [3.8, 4) is 0 Å². The predicted molar refractivity (Wildman–Crippen MR) is 84.7 cm³/mol. The van der Waals surface area contributed by atoms with Gasteiger partial charge in [-0.15, -0.1) is 0 Å². The molecule has 7 heteroatoms. The van der Waals surface area contributed by atoms with Gasteiger partial charge in [-0.2, -0.15) is 5.10 Å². The van der Waals surface area contributed by atoms with E-state index in [2.05, 4.69) is 15.7 Å². The molecular formula is C15H18ClFN4O. The number of nitrogens with one attached hydrogen (secondary N) is 2. The first kappa shape index (κ1) is 16.3. The quantitative estimate of drug-likeness (QED) is 0.797. The van der Waals surface area contributed by atoms with Crippen LogP contribution in [0.15, 0.2) is 30.5 Å². The van der Waals surface area contributed by atoms with Crippen LogP contribution >= 0.6 is 11.6 Å². The third kappa shape index (κ3) is 4.73. The van der Waals surface area contributed by atoms with Gasteiger partial charge < -0.3 is 5.32 Å². The van der Waals surface area contributed by atoms with Crippen molar-refractivity contribution in [2.45, 2.75) is 26.3 Å². The average Bonchev–Trinajstić information content (AvgIpc) is 2.79. The number of amides is 2. The van der Waals surface area contributed by atoms with E-state index in [1.807, 2.05) is 6.92 Å². The summed E-state index contributed by atoms with van der Waals surface area (Å²) in [5.41, 5.74) is 0.762. The molecule has 0 aliphatic rings. The molecule has 0 spiro atoms. The Labute approximate surface area is 133 Å². The van der Waals surface area contributed by atoms with E-state index in [1.165, 1.54) is 12.1 Å². The van der Waals surface area contributed by atoms with Crippen molar-refractivity contribution in [3.05, 3.63) is 46.9 Å². The molecule has 2 N–H and O–H groups in total. The van der Waals surface area contributed by atoms with Crippen LogP contribution in [0.1, 0.15) is 25.3 Å². The Kier molecular flexibility index (Phi) is 5.77. The lowest BCUT2D eigenvalue weighted by molar-refractivity contribution is 0.252. The minimum atomic E-state index is -0.341. The maximum Gasteiger partial charge on any atom is 0.320 e. The zero-order chi connectivity index (χ0) is 15.9. The number of anilines is 1. The maximum atomic E-state index is 13.2. The van der Waals surface area contributed by atoms with Gasteiger partial charge in [0, 0.05) is 12.7 Å². The van der Waals surface area contributed by atoms with Gasteiger partial charge in [0.05, 0.1) is 6.54 Å². The van der Waals surface area contributed by atoms with Crippen molar-refractivity contribution in [2.24, 2.45) is 0 Å². The number of hydrogen-bond acceptors (Lipinski definition) is 2. The number of aromatic nitrogens is 2. The van der Waals surface area contributed by atoms with Crippen LogP contribution in [0.25, 0.3) is 0 Å². The number of halogens is 2. The molecule has 118 valence electrons. The lowest BCUT2D eigenvalue weighted by atomic mass is 10.2. The lowest BCUT2D eigenvalue weighted by Crippen LogP contribution is -2.29. The Morgan fingerprint density at radius 2 is 2.27 bits per heavy atom. The number of unbranched alkanes of at least 4 members (excludes halogenated alkanes) is 1. The van der Waals surface area contributed by atoms with Crippen LogP contribution in [0.5, 0.6) is 0 Å². The molecule has 0 unspecified atom stereocenters. The fourth-order valence-electron chi connectivity index (χ4n) is 1.92. The highest BCUT2D eigenvalue weighted by Crippen LogP contribution is 2.20. The van der Waals surface area contributed by atoms with Gasteiger partial charge in [-0.05, 0) is 24.1 Å². The van der Waals surface area contributed by atoms with E-state index >= 15 is 0 Å². The average molecular weight is 325 g/mol. The van der Waals surface area contributed by atoms with Gasteiger partial charge >= 0.3 is 6.03 Å². The molecule has 2 rings (SSSR count). The molecule has 0 bridgehead atoms. The van der Waals surface area contributed by atoms with Crippen molar-refractivity contribution >= 4 is 23.4 Å². The molecule has 0 fully saturated rings. The van der Waals surface area contributed by atoms with Crippen molar-refractivity contribution in [3.63, 3.8) is 0 Å². The molecule has 0 aliphatic carbocycles. The molecule has 22 heavy (non-hydrogen) atoms. The molecule has 0 atom stereocenters. The van der Waals surface area contributed by atoms with Crippen LogP contribution in [0.4, 0.5) is 15.0 Å². The molecule has 2 amide bonds. The summed E-state index contributed by atoms with van der Waals surface area (Å²) >= 11 is 6.05. The number of urea groups is 1. The second-order valence-electron chi connectivity index (χ2n) is 4.89. The smallest absolute Gasteiger partial charge is 0.320 e. The van der Waals surface area contributed by atoms with Gasteiger partial charge in [-0.1, -0.05) is 37.1 Å². The summed E-state index contributed by atoms with van der Waals surface area (Å²) in [6.07, 6.45) is 3.51. The van der Waals surface area contributed by atoms with E-state index in [0.717, 1.165) is 18.4 Å². The Bertz CT molecular complexity index is 644. The summed E-state index contributed by atoms with van der Waals surface area (Å²) < 4.78 is 14.7. The highest BCUT2D eigenvalue weighted by Gasteiger charge is 2.10. The molecule has 0 radical (unpaired) electrons. The van der Waals surface area contributed by atoms with Crippen molar-refractivity contribution < 1.29 is 9.18 Å². The molecule has 0 aliphatic heterocycles. The molecule has 2 aromatic rings. The van der Waals surface area contributed by atoms with Crippen LogP contribution in [-0.4, -0.2) is 22.4 Å². The van der Waals surface area contributed by atoms with E-state index in [0.29, 0.717) is 18.1 Å². The van der Waals surface area contributed by atoms with Gasteiger partial charge in [-0.25, -0.2) is 9.18 Å². The summed E-state index contributed by atoms with van der Waals surface area (Å²) in [6.45, 7) is 3.02. The topological polar surface area (TPSA) is 59.0 Å². The third-order valence-corrected chi connectivity index (χ3v) is 3.28. The number of rotatable bonds is 6. The minimum Gasteiger partial charge on any atom is -0.338 e. The highest BCUT2D eigenvalue weighted by molar-refractivity contribution is 6.33. The third-order valence-electron chi connectivity index (χ3n) is 3.00. The van der Waals surface area contributed by atoms with Gasteiger partial charge in [0.2, 0.25) is 0 Å². The molecule has 1 aromatic heterocycles. The number of nitrogens with zero attached hydrogens (tertiary/aromatic N) is 2. The molecule has 1 heterocycles. The second-order valence-corrected chi connectivity index (χ2v) is 5.29. The van der Waals surface area contributed by atoms with Gasteiger partial charge in [0.25, 0.3) is 0 Å². The number of carbonyl (C=O) groups is 1. The summed E-state index contributed by atoms with van der Waals surface area (Å²) in [6, 6.07) is 5.90. The number of carbonyl (C=O) groups excluding carboxylic acids is 1. The second kappa shape index (κ2) is 7.79. The van der Waals surface area contributed by atoms with Crippen LogP contribution in [0.2, 0.25) is 5.02 Å². The van der Waals surface area contributed by atoms with Crippen LogP contribution in [0, 0.1) is 5.82 Å². The standard InChI is InChI=1S/C15H18ClFN4O/c1-2-3-7-18-15(22)19-14-13(16)10-21(20-14)9-11-5-4-6-12(17)8-11/h4-6,8,10H,2-3,7,9H2,1H3,(H2,18,19,20,22). The van der Waals surface area contributed by atoms with E-state index in [9.17, 15) is 9.18 Å². The minimum absolute atomic E-state index is 0.284. The van der Waals surface area contributed by atoms with Gasteiger partial charge in [0.1, 0.15) is 10.8 Å². The Morgan fingerprint density at radius 3 is 3.00 bits per heavy atom. The molecular weight excluding hydrogens is 307 g/mol. The van der Waals surface area contributed by atoms with Crippen LogP contribution in [-0.2, 0) is 6.54 Å². The van der Waals surface area contributed by atoms with E-state index in [-0.39, 0.29) is 17.7 Å². The van der Waals surface area contributed by atoms with Crippen molar-refractivity contribution in [1.29, 1.82) is 0 Å². The van der Waals surface area contributed by atoms with E-state index in [1.54, 1.807) is 23.0 Å². The van der Waals surface area contributed by atoms with Gasteiger partial charge in [0.15, 0.2) is 5.82 Å². The fraction of sp³-hybridized carbons (Fsp3) is 0.333. The Morgan fingerprint density at radius 1 is 1.45 bits per heavy atom. The van der Waals surface area contributed by atoms with Gasteiger partial charge in [-0.3, -0.25) is 10.00 Å². The van der Waals surface area contributed by atoms with Crippen molar-refractivity contribution in [1.82, 2.24) is 15.1 Å². The highest BCUT2D eigenvalue weighted by atomic mass is 35.5. The van der Waals surface area contributed by atoms with Crippen LogP contribution < -0.4 is 10.6 Å². The molecule has 0 saturated carbocycles. The Hall–Kier alpha value is -2.08. The largest absolute Gasteiger partial charge is 0.338 e. The molecule has 5 nitrogen and oxygen atoms in total. The first-order valence-electron chi connectivity index (χ1n) is 7.10.